The molecular formula is C15H27NO. The van der Waals surface area contributed by atoms with Gasteiger partial charge in [0.05, 0.1) is 12.2 Å². The summed E-state index contributed by atoms with van der Waals surface area (Å²) < 4.78 is 6.25. The number of ether oxygens (including phenoxy) is 1. The molecule has 98 valence electrons. The molecule has 0 N–H and O–H groups in total. The lowest BCUT2D eigenvalue weighted by molar-refractivity contribution is 0.0420. The molecule has 2 aliphatic heterocycles. The average Bonchev–Trinajstić information content (AvgIpc) is 2.68. The van der Waals surface area contributed by atoms with Gasteiger partial charge < -0.3 is 9.64 Å². The number of nitrogens with zero attached hydrogens (tertiary/aromatic N) is 1. The quantitative estimate of drug-likeness (QED) is 0.695. The van der Waals surface area contributed by atoms with E-state index in [0.29, 0.717) is 17.1 Å². The Morgan fingerprint density at radius 2 is 1.71 bits per heavy atom. The third-order valence-electron chi connectivity index (χ3n) is 6.07. The summed E-state index contributed by atoms with van der Waals surface area (Å²) in [5.74, 6) is 1.59. The van der Waals surface area contributed by atoms with Gasteiger partial charge in [-0.05, 0) is 63.5 Å². The molecule has 0 aromatic rings. The lowest BCUT2D eigenvalue weighted by Gasteiger charge is -2.40. The molecule has 2 nitrogen and oxygen atoms in total. The first-order valence-electron chi connectivity index (χ1n) is 7.37. The van der Waals surface area contributed by atoms with E-state index in [-0.39, 0.29) is 0 Å². The van der Waals surface area contributed by atoms with E-state index >= 15 is 0 Å². The molecule has 2 unspecified atom stereocenters. The van der Waals surface area contributed by atoms with Gasteiger partial charge in [0, 0.05) is 6.04 Å². The van der Waals surface area contributed by atoms with Crippen LogP contribution in [0.2, 0.25) is 0 Å². The van der Waals surface area contributed by atoms with Gasteiger partial charge in [-0.15, -0.1) is 0 Å². The molecule has 2 atom stereocenters. The maximum Gasteiger partial charge on any atom is 0.0746 e. The molecule has 0 bridgehead atoms. The van der Waals surface area contributed by atoms with Crippen LogP contribution in [0, 0.1) is 17.3 Å². The van der Waals surface area contributed by atoms with Gasteiger partial charge in [-0.3, -0.25) is 0 Å². The predicted molar refractivity (Wildman–Crippen MR) is 70.0 cm³/mol. The SMILES string of the molecule is CC(C)N1CCC2(CC1)COC1(C2)C(C)C1C. The molecule has 0 amide bonds. The lowest BCUT2D eigenvalue weighted by Crippen LogP contribution is -2.43. The minimum Gasteiger partial charge on any atom is -0.374 e. The van der Waals surface area contributed by atoms with Crippen LogP contribution in [0.3, 0.4) is 0 Å². The molecule has 2 heterocycles. The second-order valence-electron chi connectivity index (χ2n) is 7.13. The zero-order chi connectivity index (χ0) is 12.3. The molecule has 0 aromatic heterocycles. The van der Waals surface area contributed by atoms with Crippen LogP contribution in [-0.2, 0) is 4.74 Å². The number of rotatable bonds is 1. The van der Waals surface area contributed by atoms with E-state index in [2.05, 4.69) is 32.6 Å². The Hall–Kier alpha value is -0.0800. The Balaban J connectivity index is 1.64. The fraction of sp³-hybridized carbons (Fsp3) is 1.00. The summed E-state index contributed by atoms with van der Waals surface area (Å²) in [5, 5.41) is 0. The second-order valence-corrected chi connectivity index (χ2v) is 7.13. The maximum atomic E-state index is 6.25. The van der Waals surface area contributed by atoms with Gasteiger partial charge in [0.2, 0.25) is 0 Å². The van der Waals surface area contributed by atoms with Gasteiger partial charge in [0.15, 0.2) is 0 Å². The Labute approximate surface area is 106 Å². The van der Waals surface area contributed by atoms with E-state index in [0.717, 1.165) is 18.4 Å². The molecule has 1 saturated carbocycles. The summed E-state index contributed by atoms with van der Waals surface area (Å²) >= 11 is 0. The highest BCUT2D eigenvalue weighted by Crippen LogP contribution is 2.64. The normalized spacial score (nSPS) is 45.0. The van der Waals surface area contributed by atoms with Crippen molar-refractivity contribution in [2.24, 2.45) is 17.3 Å². The van der Waals surface area contributed by atoms with Crippen LogP contribution in [-0.4, -0.2) is 36.2 Å². The van der Waals surface area contributed by atoms with E-state index in [1.807, 2.05) is 0 Å². The van der Waals surface area contributed by atoms with Crippen molar-refractivity contribution < 1.29 is 4.74 Å². The molecule has 3 fully saturated rings. The van der Waals surface area contributed by atoms with Crippen molar-refractivity contribution >= 4 is 0 Å². The lowest BCUT2D eigenvalue weighted by atomic mass is 9.75. The molecule has 2 saturated heterocycles. The zero-order valence-electron chi connectivity index (χ0n) is 11.8. The molecule has 3 aliphatic rings. The van der Waals surface area contributed by atoms with Crippen LogP contribution >= 0.6 is 0 Å². The molecule has 2 heteroatoms. The summed E-state index contributed by atoms with van der Waals surface area (Å²) in [5.41, 5.74) is 0.824. The van der Waals surface area contributed by atoms with Crippen molar-refractivity contribution in [1.29, 1.82) is 0 Å². The van der Waals surface area contributed by atoms with E-state index < -0.39 is 0 Å². The molecule has 3 rings (SSSR count). The smallest absolute Gasteiger partial charge is 0.0746 e. The highest BCUT2D eigenvalue weighted by atomic mass is 16.5. The van der Waals surface area contributed by atoms with Crippen molar-refractivity contribution in [2.75, 3.05) is 19.7 Å². The van der Waals surface area contributed by atoms with Gasteiger partial charge in [-0.2, -0.15) is 0 Å². The minimum absolute atomic E-state index is 0.292. The maximum absolute atomic E-state index is 6.25. The van der Waals surface area contributed by atoms with Gasteiger partial charge >= 0.3 is 0 Å². The molecular weight excluding hydrogens is 210 g/mol. The van der Waals surface area contributed by atoms with Crippen LogP contribution in [0.15, 0.2) is 0 Å². The minimum atomic E-state index is 0.292. The van der Waals surface area contributed by atoms with Crippen LogP contribution in [0.25, 0.3) is 0 Å². The summed E-state index contributed by atoms with van der Waals surface area (Å²) in [6.07, 6.45) is 4.05. The van der Waals surface area contributed by atoms with Crippen molar-refractivity contribution in [3.05, 3.63) is 0 Å². The van der Waals surface area contributed by atoms with Crippen molar-refractivity contribution in [3.63, 3.8) is 0 Å². The first-order chi connectivity index (χ1) is 7.99. The fourth-order valence-corrected chi connectivity index (χ4v) is 4.22. The number of likely N-dealkylation sites (tertiary alicyclic amines) is 1. The third-order valence-corrected chi connectivity index (χ3v) is 6.07. The first-order valence-corrected chi connectivity index (χ1v) is 7.37. The average molecular weight is 237 g/mol. The first kappa shape index (κ1) is 12.0. The van der Waals surface area contributed by atoms with Gasteiger partial charge in [0.25, 0.3) is 0 Å². The Kier molecular flexibility index (Phi) is 2.61. The van der Waals surface area contributed by atoms with Crippen LogP contribution in [0.4, 0.5) is 0 Å². The number of piperidine rings is 1. The second kappa shape index (κ2) is 3.71. The molecule has 1 aliphatic carbocycles. The van der Waals surface area contributed by atoms with E-state index in [1.54, 1.807) is 0 Å². The summed E-state index contributed by atoms with van der Waals surface area (Å²) in [6, 6.07) is 0.711. The summed E-state index contributed by atoms with van der Waals surface area (Å²) in [6.45, 7) is 13.0. The number of hydrogen-bond acceptors (Lipinski definition) is 2. The Morgan fingerprint density at radius 1 is 1.12 bits per heavy atom. The van der Waals surface area contributed by atoms with Crippen LogP contribution in [0.5, 0.6) is 0 Å². The van der Waals surface area contributed by atoms with Gasteiger partial charge in [-0.25, -0.2) is 0 Å². The van der Waals surface area contributed by atoms with Crippen LogP contribution in [0.1, 0.15) is 47.0 Å². The topological polar surface area (TPSA) is 12.5 Å². The summed E-state index contributed by atoms with van der Waals surface area (Å²) in [4.78, 5) is 2.62. The highest BCUT2D eigenvalue weighted by molar-refractivity contribution is 5.16. The largest absolute Gasteiger partial charge is 0.374 e. The number of hydrogen-bond donors (Lipinski definition) is 0. The van der Waals surface area contributed by atoms with Crippen LogP contribution < -0.4 is 0 Å². The Morgan fingerprint density at radius 3 is 2.12 bits per heavy atom. The predicted octanol–water partition coefficient (Wildman–Crippen LogP) is 2.92. The van der Waals surface area contributed by atoms with E-state index in [1.165, 1.54) is 32.4 Å². The van der Waals surface area contributed by atoms with Crippen molar-refractivity contribution in [2.45, 2.75) is 58.6 Å². The highest BCUT2D eigenvalue weighted by Gasteiger charge is 2.67. The Bertz CT molecular complexity index is 296. The molecule has 0 aromatic carbocycles. The fourth-order valence-electron chi connectivity index (χ4n) is 4.22. The van der Waals surface area contributed by atoms with Crippen molar-refractivity contribution in [3.8, 4) is 0 Å². The molecule has 0 radical (unpaired) electrons. The molecule has 17 heavy (non-hydrogen) atoms. The van der Waals surface area contributed by atoms with Gasteiger partial charge in [0.1, 0.15) is 0 Å². The molecule has 2 spiro atoms. The zero-order valence-corrected chi connectivity index (χ0v) is 11.8. The van der Waals surface area contributed by atoms with E-state index in [9.17, 15) is 0 Å². The van der Waals surface area contributed by atoms with Gasteiger partial charge in [-0.1, -0.05) is 13.8 Å². The standard InChI is InChI=1S/C15H27NO/c1-11(2)16-7-5-14(6-8-16)9-15(17-10-14)12(3)13(15)4/h11-13H,5-10H2,1-4H3. The third kappa shape index (κ3) is 1.67. The summed E-state index contributed by atoms with van der Waals surface area (Å²) in [7, 11) is 0. The van der Waals surface area contributed by atoms with E-state index in [4.69, 9.17) is 4.74 Å². The van der Waals surface area contributed by atoms with Crippen molar-refractivity contribution in [1.82, 2.24) is 4.90 Å². The monoisotopic (exact) mass is 237 g/mol.